The molecule has 0 aliphatic rings. The number of hydrogen-bond acceptors (Lipinski definition) is 4. The minimum absolute atomic E-state index is 0.122. The summed E-state index contributed by atoms with van der Waals surface area (Å²) in [6.45, 7) is 1.78. The van der Waals surface area contributed by atoms with Gasteiger partial charge in [-0.3, -0.25) is 4.79 Å². The molecule has 4 nitrogen and oxygen atoms in total. The maximum atomic E-state index is 11.8. The molecule has 1 atom stereocenters. The van der Waals surface area contributed by atoms with Gasteiger partial charge in [-0.05, 0) is 30.5 Å². The van der Waals surface area contributed by atoms with E-state index in [0.717, 1.165) is 4.88 Å². The van der Waals surface area contributed by atoms with Crippen LogP contribution < -0.4 is 5.32 Å². The molecule has 2 N–H and O–H groups in total. The van der Waals surface area contributed by atoms with Gasteiger partial charge >= 0.3 is 0 Å². The number of aliphatic hydroxyl groups is 1. The summed E-state index contributed by atoms with van der Waals surface area (Å²) in [5.74, 6) is -0.339. The highest BCUT2D eigenvalue weighted by Crippen LogP contribution is 2.24. The zero-order valence-electron chi connectivity index (χ0n) is 10.3. The summed E-state index contributed by atoms with van der Waals surface area (Å²) in [6, 6.07) is 6.83. The molecule has 2 rings (SSSR count). The average Bonchev–Trinajstić information content (AvgIpc) is 2.91. The van der Waals surface area contributed by atoms with Gasteiger partial charge in [0.1, 0.15) is 11.3 Å². The summed E-state index contributed by atoms with van der Waals surface area (Å²) >= 11 is 7.15. The maximum Gasteiger partial charge on any atom is 0.269 e. The standard InChI is InChI=1S/C13H13ClN2O2S/c1-13(18,11-3-2-6-19-11)8-16-12(17)10-5-4-9(14)7-15-10/h2-7,18H,8H2,1H3,(H,16,17). The van der Waals surface area contributed by atoms with Crippen LogP contribution in [-0.4, -0.2) is 22.5 Å². The van der Waals surface area contributed by atoms with Gasteiger partial charge in [-0.2, -0.15) is 0 Å². The van der Waals surface area contributed by atoms with Gasteiger partial charge in [-0.15, -0.1) is 11.3 Å². The molecule has 19 heavy (non-hydrogen) atoms. The topological polar surface area (TPSA) is 62.2 Å². The van der Waals surface area contributed by atoms with E-state index in [4.69, 9.17) is 11.6 Å². The van der Waals surface area contributed by atoms with Crippen LogP contribution in [0.4, 0.5) is 0 Å². The van der Waals surface area contributed by atoms with Crippen LogP contribution in [0.1, 0.15) is 22.3 Å². The van der Waals surface area contributed by atoms with Crippen molar-refractivity contribution in [2.45, 2.75) is 12.5 Å². The van der Waals surface area contributed by atoms with E-state index in [0.29, 0.717) is 5.02 Å². The number of nitrogens with one attached hydrogen (secondary N) is 1. The van der Waals surface area contributed by atoms with Crippen LogP contribution in [0.15, 0.2) is 35.8 Å². The Morgan fingerprint density at radius 3 is 2.89 bits per heavy atom. The van der Waals surface area contributed by atoms with Gasteiger partial charge in [0.2, 0.25) is 0 Å². The number of hydrogen-bond donors (Lipinski definition) is 2. The van der Waals surface area contributed by atoms with Crippen molar-refractivity contribution >= 4 is 28.8 Å². The Kier molecular flexibility index (Phi) is 4.19. The molecule has 2 aromatic rings. The highest BCUT2D eigenvalue weighted by atomic mass is 35.5. The van der Waals surface area contributed by atoms with Crippen molar-refractivity contribution < 1.29 is 9.90 Å². The molecule has 0 spiro atoms. The molecule has 0 aromatic carbocycles. The number of nitrogens with zero attached hydrogens (tertiary/aromatic N) is 1. The Labute approximate surface area is 120 Å². The van der Waals surface area contributed by atoms with Crippen LogP contribution in [0.2, 0.25) is 5.02 Å². The average molecular weight is 297 g/mol. The van der Waals surface area contributed by atoms with Gasteiger partial charge in [-0.25, -0.2) is 4.98 Å². The van der Waals surface area contributed by atoms with Gasteiger partial charge in [0.05, 0.1) is 11.6 Å². The Morgan fingerprint density at radius 1 is 1.53 bits per heavy atom. The molecule has 0 radical (unpaired) electrons. The van der Waals surface area contributed by atoms with Crippen LogP contribution in [0.3, 0.4) is 0 Å². The van der Waals surface area contributed by atoms with Gasteiger partial charge < -0.3 is 10.4 Å². The zero-order chi connectivity index (χ0) is 13.9. The smallest absolute Gasteiger partial charge is 0.269 e. The molecule has 0 saturated heterocycles. The van der Waals surface area contributed by atoms with Crippen LogP contribution >= 0.6 is 22.9 Å². The Balaban J connectivity index is 1.99. The molecule has 100 valence electrons. The van der Waals surface area contributed by atoms with Crippen molar-refractivity contribution in [2.24, 2.45) is 0 Å². The lowest BCUT2D eigenvalue weighted by Crippen LogP contribution is -2.38. The summed E-state index contributed by atoms with van der Waals surface area (Å²) in [5, 5.41) is 15.3. The van der Waals surface area contributed by atoms with Crippen molar-refractivity contribution in [3.05, 3.63) is 51.4 Å². The molecule has 1 unspecified atom stereocenters. The van der Waals surface area contributed by atoms with Gasteiger partial charge in [-0.1, -0.05) is 17.7 Å². The number of carbonyl (C=O) groups is 1. The van der Waals surface area contributed by atoms with Crippen molar-refractivity contribution in [3.63, 3.8) is 0 Å². The fraction of sp³-hybridized carbons (Fsp3) is 0.231. The lowest BCUT2D eigenvalue weighted by Gasteiger charge is -2.22. The quantitative estimate of drug-likeness (QED) is 0.911. The molecule has 0 fully saturated rings. The molecule has 2 heterocycles. The van der Waals surface area contributed by atoms with E-state index in [1.807, 2.05) is 17.5 Å². The molecule has 0 bridgehead atoms. The highest BCUT2D eigenvalue weighted by molar-refractivity contribution is 7.10. The summed E-state index contributed by atoms with van der Waals surface area (Å²) in [6.07, 6.45) is 1.41. The van der Waals surface area contributed by atoms with E-state index in [1.165, 1.54) is 23.6 Å². The third-order valence-corrected chi connectivity index (χ3v) is 3.95. The molecular weight excluding hydrogens is 284 g/mol. The molecule has 1 amide bonds. The van der Waals surface area contributed by atoms with E-state index in [2.05, 4.69) is 10.3 Å². The fourth-order valence-corrected chi connectivity index (χ4v) is 2.42. The largest absolute Gasteiger partial charge is 0.383 e. The minimum Gasteiger partial charge on any atom is -0.383 e. The fourth-order valence-electron chi connectivity index (χ4n) is 1.53. The van der Waals surface area contributed by atoms with E-state index >= 15 is 0 Å². The Bertz CT molecular complexity index is 553. The third kappa shape index (κ3) is 3.53. The summed E-state index contributed by atoms with van der Waals surface area (Å²) in [5.41, 5.74) is -0.817. The number of halogens is 1. The second kappa shape index (κ2) is 5.69. The van der Waals surface area contributed by atoms with Crippen molar-refractivity contribution in [1.82, 2.24) is 10.3 Å². The number of amides is 1. The van der Waals surface area contributed by atoms with Crippen molar-refractivity contribution in [1.29, 1.82) is 0 Å². The lowest BCUT2D eigenvalue weighted by molar-refractivity contribution is 0.0555. The summed E-state index contributed by atoms with van der Waals surface area (Å²) < 4.78 is 0. The molecule has 0 saturated carbocycles. The first-order valence-corrected chi connectivity index (χ1v) is 6.91. The summed E-state index contributed by atoms with van der Waals surface area (Å²) in [4.78, 5) is 16.6. The highest BCUT2D eigenvalue weighted by Gasteiger charge is 2.25. The molecule has 6 heteroatoms. The maximum absolute atomic E-state index is 11.8. The predicted molar refractivity (Wildman–Crippen MR) is 75.5 cm³/mol. The van der Waals surface area contributed by atoms with Crippen LogP contribution in [0.5, 0.6) is 0 Å². The Morgan fingerprint density at radius 2 is 2.32 bits per heavy atom. The van der Waals surface area contributed by atoms with Crippen LogP contribution in [0.25, 0.3) is 0 Å². The number of aromatic nitrogens is 1. The van der Waals surface area contributed by atoms with Gasteiger partial charge in [0, 0.05) is 11.1 Å². The first kappa shape index (κ1) is 14.0. The molecule has 0 aliphatic heterocycles. The van der Waals surface area contributed by atoms with Gasteiger partial charge in [0.15, 0.2) is 0 Å². The van der Waals surface area contributed by atoms with Crippen molar-refractivity contribution in [2.75, 3.05) is 6.54 Å². The summed E-state index contributed by atoms with van der Waals surface area (Å²) in [7, 11) is 0. The van der Waals surface area contributed by atoms with E-state index in [-0.39, 0.29) is 18.1 Å². The van der Waals surface area contributed by atoms with E-state index in [9.17, 15) is 9.90 Å². The first-order valence-electron chi connectivity index (χ1n) is 5.65. The van der Waals surface area contributed by atoms with Crippen LogP contribution in [0, 0.1) is 0 Å². The second-order valence-corrected chi connectivity index (χ2v) is 5.68. The van der Waals surface area contributed by atoms with E-state index in [1.54, 1.807) is 13.0 Å². The molecule has 2 aromatic heterocycles. The number of rotatable bonds is 4. The predicted octanol–water partition coefficient (Wildman–Crippen LogP) is 2.43. The number of thiophene rings is 1. The lowest BCUT2D eigenvalue weighted by atomic mass is 10.1. The third-order valence-electron chi connectivity index (χ3n) is 2.61. The monoisotopic (exact) mass is 296 g/mol. The van der Waals surface area contributed by atoms with Crippen molar-refractivity contribution in [3.8, 4) is 0 Å². The number of carbonyl (C=O) groups excluding carboxylic acids is 1. The van der Waals surface area contributed by atoms with Crippen LogP contribution in [-0.2, 0) is 5.60 Å². The second-order valence-electron chi connectivity index (χ2n) is 4.30. The SMILES string of the molecule is CC(O)(CNC(=O)c1ccc(Cl)cn1)c1cccs1. The first-order chi connectivity index (χ1) is 8.99. The minimum atomic E-state index is -1.09. The number of pyridine rings is 1. The van der Waals surface area contributed by atoms with Gasteiger partial charge in [0.25, 0.3) is 5.91 Å². The normalized spacial score (nSPS) is 13.8. The molecule has 0 aliphatic carbocycles. The molecular formula is C13H13ClN2O2S. The van der Waals surface area contributed by atoms with E-state index < -0.39 is 5.60 Å². The Hall–Kier alpha value is -1.43. The zero-order valence-corrected chi connectivity index (χ0v) is 11.8.